The Labute approximate surface area is 145 Å². The number of hydrogen-bond donors (Lipinski definition) is 0. The van der Waals surface area contributed by atoms with Gasteiger partial charge in [0.2, 0.25) is 5.95 Å². The Morgan fingerprint density at radius 2 is 1.96 bits per heavy atom. The second-order valence-electron chi connectivity index (χ2n) is 6.59. The van der Waals surface area contributed by atoms with E-state index < -0.39 is 0 Å². The molecule has 2 saturated heterocycles. The molecule has 4 heterocycles. The van der Waals surface area contributed by atoms with E-state index in [2.05, 4.69) is 24.8 Å². The number of hydrogen-bond acceptors (Lipinski definition) is 7. The molecule has 0 aromatic carbocycles. The number of rotatable bonds is 2. The molecule has 0 saturated carbocycles. The van der Waals surface area contributed by atoms with E-state index in [-0.39, 0.29) is 11.3 Å². The van der Waals surface area contributed by atoms with Crippen molar-refractivity contribution in [3.63, 3.8) is 0 Å². The summed E-state index contributed by atoms with van der Waals surface area (Å²) in [5, 5.41) is 0. The predicted molar refractivity (Wildman–Crippen MR) is 90.0 cm³/mol. The second kappa shape index (κ2) is 6.72. The molecule has 2 fully saturated rings. The summed E-state index contributed by atoms with van der Waals surface area (Å²) < 4.78 is 5.84. The van der Waals surface area contributed by atoms with Crippen LogP contribution in [0.2, 0.25) is 0 Å². The summed E-state index contributed by atoms with van der Waals surface area (Å²) >= 11 is 0. The molecule has 2 aliphatic heterocycles. The first-order valence-electron chi connectivity index (χ1n) is 8.41. The van der Waals surface area contributed by atoms with Gasteiger partial charge < -0.3 is 14.5 Å². The topological polar surface area (TPSA) is 84.3 Å². The molecule has 1 atom stereocenters. The predicted octanol–water partition coefficient (Wildman–Crippen LogP) is 0.636. The van der Waals surface area contributed by atoms with Crippen LogP contribution in [0.15, 0.2) is 37.1 Å². The third kappa shape index (κ3) is 3.30. The first-order valence-corrected chi connectivity index (χ1v) is 8.41. The monoisotopic (exact) mass is 340 g/mol. The summed E-state index contributed by atoms with van der Waals surface area (Å²) in [5.41, 5.74) is 0.272. The number of amides is 1. The van der Waals surface area contributed by atoms with Crippen molar-refractivity contribution >= 4 is 11.9 Å². The molecule has 0 unspecified atom stereocenters. The van der Waals surface area contributed by atoms with E-state index in [0.717, 1.165) is 25.5 Å². The van der Waals surface area contributed by atoms with Crippen LogP contribution in [0.1, 0.15) is 16.9 Å². The summed E-state index contributed by atoms with van der Waals surface area (Å²) in [4.78, 5) is 33.6. The summed E-state index contributed by atoms with van der Waals surface area (Å²) in [6.07, 6.45) is 9.07. The lowest BCUT2D eigenvalue weighted by Gasteiger charge is -2.31. The fourth-order valence-corrected chi connectivity index (χ4v) is 3.55. The van der Waals surface area contributed by atoms with Crippen LogP contribution in [0, 0.1) is 5.41 Å². The van der Waals surface area contributed by atoms with E-state index in [1.165, 1.54) is 6.20 Å². The van der Waals surface area contributed by atoms with Crippen LogP contribution >= 0.6 is 0 Å². The van der Waals surface area contributed by atoms with Crippen LogP contribution in [0.25, 0.3) is 0 Å². The van der Waals surface area contributed by atoms with Gasteiger partial charge in [-0.15, -0.1) is 0 Å². The minimum absolute atomic E-state index is 0.0904. The zero-order valence-corrected chi connectivity index (χ0v) is 13.9. The van der Waals surface area contributed by atoms with E-state index in [0.29, 0.717) is 32.0 Å². The summed E-state index contributed by atoms with van der Waals surface area (Å²) in [7, 11) is 0. The molecule has 2 aliphatic rings. The van der Waals surface area contributed by atoms with Gasteiger partial charge in [0.25, 0.3) is 5.91 Å². The van der Waals surface area contributed by atoms with Crippen LogP contribution in [0.4, 0.5) is 5.95 Å². The third-order valence-electron chi connectivity index (χ3n) is 4.78. The van der Waals surface area contributed by atoms with Gasteiger partial charge in [0.05, 0.1) is 19.4 Å². The Bertz CT molecular complexity index is 728. The lowest BCUT2D eigenvalue weighted by atomic mass is 9.87. The quantitative estimate of drug-likeness (QED) is 0.793. The summed E-state index contributed by atoms with van der Waals surface area (Å²) in [5.74, 6) is 0.641. The minimum atomic E-state index is -0.104. The molecule has 2 aromatic rings. The van der Waals surface area contributed by atoms with Gasteiger partial charge in [-0.2, -0.15) is 0 Å². The van der Waals surface area contributed by atoms with E-state index in [1.807, 2.05) is 11.0 Å². The molecule has 2 aromatic heterocycles. The van der Waals surface area contributed by atoms with Crippen molar-refractivity contribution in [3.05, 3.63) is 42.7 Å². The zero-order chi connectivity index (χ0) is 17.1. The molecule has 0 bridgehead atoms. The third-order valence-corrected chi connectivity index (χ3v) is 4.78. The van der Waals surface area contributed by atoms with Crippen LogP contribution < -0.4 is 4.90 Å². The molecule has 8 nitrogen and oxygen atoms in total. The molecular weight excluding hydrogens is 320 g/mol. The van der Waals surface area contributed by atoms with Crippen molar-refractivity contribution in [2.75, 3.05) is 44.3 Å². The van der Waals surface area contributed by atoms with E-state index >= 15 is 0 Å². The number of nitrogens with zero attached hydrogens (tertiary/aromatic N) is 6. The van der Waals surface area contributed by atoms with Crippen LogP contribution in [-0.2, 0) is 4.74 Å². The molecule has 0 N–H and O–H groups in total. The lowest BCUT2D eigenvalue weighted by molar-refractivity contribution is 0.0685. The molecule has 1 spiro atoms. The SMILES string of the molecule is O=C(c1cnccn1)N1CCOC[C@]2(CCN(c3ncccn3)C2)C1. The Kier molecular flexibility index (Phi) is 4.27. The van der Waals surface area contributed by atoms with Crippen molar-refractivity contribution in [3.8, 4) is 0 Å². The largest absolute Gasteiger partial charge is 0.379 e. The first kappa shape index (κ1) is 15.9. The lowest BCUT2D eigenvalue weighted by Crippen LogP contribution is -2.43. The van der Waals surface area contributed by atoms with Crippen molar-refractivity contribution in [2.45, 2.75) is 6.42 Å². The molecule has 4 rings (SSSR count). The number of ether oxygens (including phenoxy) is 1. The highest BCUT2D eigenvalue weighted by Gasteiger charge is 2.43. The maximum atomic E-state index is 12.8. The zero-order valence-electron chi connectivity index (χ0n) is 13.9. The van der Waals surface area contributed by atoms with Gasteiger partial charge in [-0.3, -0.25) is 9.78 Å². The van der Waals surface area contributed by atoms with E-state index in [9.17, 15) is 4.79 Å². The van der Waals surface area contributed by atoms with Crippen molar-refractivity contribution < 1.29 is 9.53 Å². The maximum Gasteiger partial charge on any atom is 0.274 e. The van der Waals surface area contributed by atoms with Gasteiger partial charge in [-0.1, -0.05) is 0 Å². The highest BCUT2D eigenvalue weighted by Crippen LogP contribution is 2.35. The molecule has 0 radical (unpaired) electrons. The van der Waals surface area contributed by atoms with Crippen LogP contribution in [-0.4, -0.2) is 70.1 Å². The van der Waals surface area contributed by atoms with E-state index in [1.54, 1.807) is 24.8 Å². The fourth-order valence-electron chi connectivity index (χ4n) is 3.55. The van der Waals surface area contributed by atoms with Gasteiger partial charge in [0.1, 0.15) is 5.69 Å². The summed E-state index contributed by atoms with van der Waals surface area (Å²) in [6.45, 7) is 4.03. The Balaban J connectivity index is 1.51. The Morgan fingerprint density at radius 1 is 1.08 bits per heavy atom. The smallest absolute Gasteiger partial charge is 0.274 e. The molecule has 25 heavy (non-hydrogen) atoms. The van der Waals surface area contributed by atoms with Gasteiger partial charge in [0.15, 0.2) is 0 Å². The number of anilines is 1. The first-order chi connectivity index (χ1) is 12.3. The maximum absolute atomic E-state index is 12.8. The van der Waals surface area contributed by atoms with Crippen molar-refractivity contribution in [1.82, 2.24) is 24.8 Å². The van der Waals surface area contributed by atoms with Gasteiger partial charge in [-0.05, 0) is 12.5 Å². The van der Waals surface area contributed by atoms with Crippen molar-refractivity contribution in [2.24, 2.45) is 5.41 Å². The summed E-state index contributed by atoms with van der Waals surface area (Å²) in [6, 6.07) is 1.81. The second-order valence-corrected chi connectivity index (χ2v) is 6.59. The highest BCUT2D eigenvalue weighted by atomic mass is 16.5. The average molecular weight is 340 g/mol. The average Bonchev–Trinajstić information content (AvgIpc) is 2.97. The van der Waals surface area contributed by atoms with E-state index in [4.69, 9.17) is 4.74 Å². The number of aromatic nitrogens is 4. The van der Waals surface area contributed by atoms with Crippen LogP contribution in [0.5, 0.6) is 0 Å². The van der Waals surface area contributed by atoms with Gasteiger partial charge in [-0.25, -0.2) is 15.0 Å². The van der Waals surface area contributed by atoms with Crippen LogP contribution in [0.3, 0.4) is 0 Å². The fraction of sp³-hybridized carbons (Fsp3) is 0.471. The normalized spacial score (nSPS) is 23.7. The standard InChI is InChI=1S/C17H20N6O2/c24-15(14-10-18-5-6-19-14)22-8-9-25-13-17(11-22)2-7-23(12-17)16-20-3-1-4-21-16/h1,3-6,10H,2,7-9,11-13H2/t17-/m1/s1. The Hall–Kier alpha value is -2.61. The Morgan fingerprint density at radius 3 is 2.76 bits per heavy atom. The molecular formula is C17H20N6O2. The van der Waals surface area contributed by atoms with Gasteiger partial charge in [0, 0.05) is 56.4 Å². The minimum Gasteiger partial charge on any atom is -0.379 e. The van der Waals surface area contributed by atoms with Gasteiger partial charge >= 0.3 is 0 Å². The highest BCUT2D eigenvalue weighted by molar-refractivity contribution is 5.92. The molecule has 1 amide bonds. The molecule has 0 aliphatic carbocycles. The number of carbonyl (C=O) groups excluding carboxylic acids is 1. The van der Waals surface area contributed by atoms with Crippen molar-refractivity contribution in [1.29, 1.82) is 0 Å². The molecule has 8 heteroatoms. The molecule has 130 valence electrons. The number of carbonyl (C=O) groups is 1.